The Morgan fingerprint density at radius 2 is 2.23 bits per heavy atom. The number of benzene rings is 1. The van der Waals surface area contributed by atoms with Gasteiger partial charge in [0.25, 0.3) is 0 Å². The number of unbranched alkanes of at least 4 members (excludes halogenated alkanes) is 1. The quantitative estimate of drug-likeness (QED) is 0.757. The number of ether oxygens (including phenoxy) is 1. The Kier molecular flexibility index (Phi) is 3.90. The van der Waals surface area contributed by atoms with E-state index in [4.69, 9.17) is 21.4 Å². The van der Waals surface area contributed by atoms with Crippen LogP contribution in [0, 0.1) is 0 Å². The molecule has 0 aliphatic rings. The molecule has 0 fully saturated rings. The molecule has 0 aliphatic heterocycles. The Morgan fingerprint density at radius 1 is 1.46 bits per heavy atom. The minimum atomic E-state index is 0.177. The fourth-order valence-corrected chi connectivity index (χ4v) is 1.10. The lowest BCUT2D eigenvalue weighted by Gasteiger charge is -2.07. The third-order valence-corrected chi connectivity index (χ3v) is 1.98. The van der Waals surface area contributed by atoms with E-state index in [2.05, 4.69) is 6.92 Å². The molecule has 1 rings (SSSR count). The van der Waals surface area contributed by atoms with E-state index >= 15 is 0 Å². The molecule has 2 nitrogen and oxygen atoms in total. The standard InChI is InChI=1S/C10H13ClO2/c1-2-3-6-13-10-7-8(12)4-5-9(10)11/h4-5,7,12H,2-3,6H2,1H3. The first-order chi connectivity index (χ1) is 6.24. The highest BCUT2D eigenvalue weighted by molar-refractivity contribution is 6.32. The normalized spacial score (nSPS) is 10.0. The Labute approximate surface area is 83.1 Å². The second-order valence-corrected chi connectivity index (χ2v) is 3.22. The molecule has 0 bridgehead atoms. The summed E-state index contributed by atoms with van der Waals surface area (Å²) in [5.41, 5.74) is 0. The molecule has 0 unspecified atom stereocenters. The van der Waals surface area contributed by atoms with Crippen LogP contribution >= 0.6 is 11.6 Å². The van der Waals surface area contributed by atoms with Crippen molar-refractivity contribution in [2.45, 2.75) is 19.8 Å². The van der Waals surface area contributed by atoms with Crippen molar-refractivity contribution in [3.8, 4) is 11.5 Å². The first kappa shape index (κ1) is 10.2. The summed E-state index contributed by atoms with van der Waals surface area (Å²) in [5, 5.41) is 9.69. The molecule has 0 aromatic heterocycles. The smallest absolute Gasteiger partial charge is 0.141 e. The third kappa shape index (κ3) is 3.15. The summed E-state index contributed by atoms with van der Waals surface area (Å²) in [6, 6.07) is 4.69. The molecule has 72 valence electrons. The summed E-state index contributed by atoms with van der Waals surface area (Å²) >= 11 is 5.84. The van der Waals surface area contributed by atoms with Gasteiger partial charge in [0, 0.05) is 6.07 Å². The molecular formula is C10H13ClO2. The number of hydrogen-bond acceptors (Lipinski definition) is 2. The summed E-state index contributed by atoms with van der Waals surface area (Å²) in [4.78, 5) is 0. The zero-order chi connectivity index (χ0) is 9.68. The summed E-state index contributed by atoms with van der Waals surface area (Å²) in [6.45, 7) is 2.73. The van der Waals surface area contributed by atoms with Crippen LogP contribution in [-0.2, 0) is 0 Å². The maximum atomic E-state index is 9.16. The second-order valence-electron chi connectivity index (χ2n) is 2.82. The molecule has 0 aliphatic carbocycles. The van der Waals surface area contributed by atoms with Gasteiger partial charge >= 0.3 is 0 Å². The predicted molar refractivity (Wildman–Crippen MR) is 53.5 cm³/mol. The minimum Gasteiger partial charge on any atom is -0.508 e. The Bertz CT molecular complexity index is 274. The van der Waals surface area contributed by atoms with Crippen molar-refractivity contribution in [2.75, 3.05) is 6.61 Å². The first-order valence-corrected chi connectivity index (χ1v) is 4.73. The van der Waals surface area contributed by atoms with Gasteiger partial charge in [-0.25, -0.2) is 0 Å². The zero-order valence-corrected chi connectivity index (χ0v) is 8.34. The first-order valence-electron chi connectivity index (χ1n) is 4.35. The largest absolute Gasteiger partial charge is 0.508 e. The van der Waals surface area contributed by atoms with Gasteiger partial charge in [0.05, 0.1) is 11.6 Å². The highest BCUT2D eigenvalue weighted by Crippen LogP contribution is 2.28. The van der Waals surface area contributed by atoms with Crippen LogP contribution in [0.4, 0.5) is 0 Å². The number of halogens is 1. The van der Waals surface area contributed by atoms with Gasteiger partial charge in [0.15, 0.2) is 0 Å². The van der Waals surface area contributed by atoms with Gasteiger partial charge in [-0.15, -0.1) is 0 Å². The average molecular weight is 201 g/mol. The van der Waals surface area contributed by atoms with Gasteiger partial charge in [-0.05, 0) is 18.6 Å². The van der Waals surface area contributed by atoms with Crippen LogP contribution in [0.15, 0.2) is 18.2 Å². The van der Waals surface area contributed by atoms with E-state index in [1.165, 1.54) is 12.1 Å². The Balaban J connectivity index is 2.59. The van der Waals surface area contributed by atoms with E-state index in [9.17, 15) is 0 Å². The van der Waals surface area contributed by atoms with E-state index in [1.54, 1.807) is 6.07 Å². The van der Waals surface area contributed by atoms with Gasteiger partial charge in [-0.1, -0.05) is 24.9 Å². The Morgan fingerprint density at radius 3 is 2.92 bits per heavy atom. The zero-order valence-electron chi connectivity index (χ0n) is 7.59. The summed E-state index contributed by atoms with van der Waals surface area (Å²) < 4.78 is 5.37. The molecule has 0 radical (unpaired) electrons. The summed E-state index contributed by atoms with van der Waals surface area (Å²) in [7, 11) is 0. The molecule has 0 heterocycles. The maximum Gasteiger partial charge on any atom is 0.141 e. The minimum absolute atomic E-state index is 0.177. The lowest BCUT2D eigenvalue weighted by molar-refractivity contribution is 0.308. The van der Waals surface area contributed by atoms with Crippen LogP contribution in [0.3, 0.4) is 0 Å². The molecular weight excluding hydrogens is 188 g/mol. The molecule has 0 amide bonds. The van der Waals surface area contributed by atoms with Crippen molar-refractivity contribution in [3.05, 3.63) is 23.2 Å². The highest BCUT2D eigenvalue weighted by atomic mass is 35.5. The summed E-state index contributed by atoms with van der Waals surface area (Å²) in [6.07, 6.45) is 2.07. The highest BCUT2D eigenvalue weighted by Gasteiger charge is 2.01. The van der Waals surface area contributed by atoms with Crippen molar-refractivity contribution < 1.29 is 9.84 Å². The lowest BCUT2D eigenvalue weighted by Crippen LogP contribution is -1.96. The second kappa shape index (κ2) is 4.97. The molecule has 0 saturated heterocycles. The number of hydrogen-bond donors (Lipinski definition) is 1. The van der Waals surface area contributed by atoms with Crippen molar-refractivity contribution in [3.63, 3.8) is 0 Å². The molecule has 1 aromatic carbocycles. The molecule has 0 saturated carbocycles. The van der Waals surface area contributed by atoms with Crippen LogP contribution < -0.4 is 4.74 Å². The van der Waals surface area contributed by atoms with Crippen molar-refractivity contribution in [1.82, 2.24) is 0 Å². The lowest BCUT2D eigenvalue weighted by atomic mass is 10.3. The van der Waals surface area contributed by atoms with Crippen LogP contribution in [0.1, 0.15) is 19.8 Å². The number of phenols is 1. The number of aromatic hydroxyl groups is 1. The number of phenolic OH excluding ortho intramolecular Hbond substituents is 1. The maximum absolute atomic E-state index is 9.16. The molecule has 1 N–H and O–H groups in total. The van der Waals surface area contributed by atoms with Crippen LogP contribution in [0.2, 0.25) is 5.02 Å². The van der Waals surface area contributed by atoms with Crippen LogP contribution in [0.5, 0.6) is 11.5 Å². The molecule has 0 atom stereocenters. The molecule has 13 heavy (non-hydrogen) atoms. The van der Waals surface area contributed by atoms with E-state index in [0.29, 0.717) is 17.4 Å². The monoisotopic (exact) mass is 200 g/mol. The van der Waals surface area contributed by atoms with E-state index in [0.717, 1.165) is 12.8 Å². The van der Waals surface area contributed by atoms with Crippen molar-refractivity contribution in [1.29, 1.82) is 0 Å². The molecule has 3 heteroatoms. The molecule has 0 spiro atoms. The van der Waals surface area contributed by atoms with E-state index in [-0.39, 0.29) is 5.75 Å². The third-order valence-electron chi connectivity index (χ3n) is 1.67. The van der Waals surface area contributed by atoms with Gasteiger partial charge in [0.2, 0.25) is 0 Å². The molecule has 1 aromatic rings. The van der Waals surface area contributed by atoms with Gasteiger partial charge in [-0.3, -0.25) is 0 Å². The fourth-order valence-electron chi connectivity index (χ4n) is 0.929. The van der Waals surface area contributed by atoms with Gasteiger partial charge in [0.1, 0.15) is 11.5 Å². The topological polar surface area (TPSA) is 29.5 Å². The fraction of sp³-hybridized carbons (Fsp3) is 0.400. The predicted octanol–water partition coefficient (Wildman–Crippen LogP) is 3.22. The van der Waals surface area contributed by atoms with Crippen LogP contribution in [0.25, 0.3) is 0 Å². The average Bonchev–Trinajstić information content (AvgIpc) is 2.11. The van der Waals surface area contributed by atoms with Crippen molar-refractivity contribution >= 4 is 11.6 Å². The van der Waals surface area contributed by atoms with Gasteiger partial charge < -0.3 is 9.84 Å². The Hall–Kier alpha value is -0.890. The van der Waals surface area contributed by atoms with E-state index < -0.39 is 0 Å². The van der Waals surface area contributed by atoms with Gasteiger partial charge in [-0.2, -0.15) is 0 Å². The van der Waals surface area contributed by atoms with E-state index in [1.807, 2.05) is 0 Å². The number of rotatable bonds is 4. The van der Waals surface area contributed by atoms with Crippen molar-refractivity contribution in [2.24, 2.45) is 0 Å². The van der Waals surface area contributed by atoms with Crippen LogP contribution in [-0.4, -0.2) is 11.7 Å². The summed E-state index contributed by atoms with van der Waals surface area (Å²) in [5.74, 6) is 0.728. The SMILES string of the molecule is CCCCOc1cc(O)ccc1Cl.